The van der Waals surface area contributed by atoms with Gasteiger partial charge in [-0.15, -0.1) is 0 Å². The number of hydrogen-bond acceptors (Lipinski definition) is 4. The minimum Gasteiger partial charge on any atom is -0.481 e. The topological polar surface area (TPSA) is 119 Å². The van der Waals surface area contributed by atoms with Gasteiger partial charge in [0.05, 0.1) is 35.3 Å². The number of nitriles is 1. The number of hydrogen-bond donors (Lipinski definition) is 3. The van der Waals surface area contributed by atoms with Crippen LogP contribution in [-0.4, -0.2) is 22.9 Å². The Bertz CT molecular complexity index is 1950. The van der Waals surface area contributed by atoms with Crippen molar-refractivity contribution in [2.75, 3.05) is 5.32 Å². The first-order valence-electron chi connectivity index (χ1n) is 15.3. The lowest BCUT2D eigenvalue weighted by molar-refractivity contribution is -0.137. The number of nitrogens with one attached hydrogen (secondary N) is 2. The van der Waals surface area contributed by atoms with E-state index in [0.29, 0.717) is 27.8 Å². The summed E-state index contributed by atoms with van der Waals surface area (Å²) >= 11 is 0. The largest absolute Gasteiger partial charge is 0.481 e. The third-order valence-electron chi connectivity index (χ3n) is 7.95. The molecule has 1 unspecified atom stereocenters. The standard InChI is InChI=1S/C40H35N3O4/c1-40(2,3)33-19-16-30(17-20-33)38(46)42-35-21-18-32(31-11-7-8-26(22-31)25-41)23-34(35)39(47)43-36(24-37(44)45)29-14-12-28(13-15-29)27-9-5-4-6-10-27/h4-23,36H,24H2,1-3H3,(H,42,46)(H,43,47)(H,44,45). The van der Waals surface area contributed by atoms with E-state index in [9.17, 15) is 24.8 Å². The molecule has 0 aliphatic heterocycles. The Labute approximate surface area is 274 Å². The number of aliphatic carboxylic acids is 1. The van der Waals surface area contributed by atoms with Gasteiger partial charge in [0, 0.05) is 5.56 Å². The molecule has 0 aromatic heterocycles. The maximum atomic E-state index is 14.0. The molecular weight excluding hydrogens is 586 g/mol. The molecule has 5 aromatic carbocycles. The predicted octanol–water partition coefficient (Wildman–Crippen LogP) is 8.39. The van der Waals surface area contributed by atoms with Crippen LogP contribution in [-0.2, 0) is 10.2 Å². The molecule has 234 valence electrons. The summed E-state index contributed by atoms with van der Waals surface area (Å²) in [6.45, 7) is 6.28. The molecule has 0 heterocycles. The van der Waals surface area contributed by atoms with Crippen LogP contribution >= 0.6 is 0 Å². The van der Waals surface area contributed by atoms with Crippen LogP contribution in [0.1, 0.15) is 70.6 Å². The summed E-state index contributed by atoms with van der Waals surface area (Å²) in [6, 6.07) is 37.8. The summed E-state index contributed by atoms with van der Waals surface area (Å²) in [4.78, 5) is 39.3. The third kappa shape index (κ3) is 7.99. The van der Waals surface area contributed by atoms with Crippen molar-refractivity contribution in [3.63, 3.8) is 0 Å². The van der Waals surface area contributed by atoms with Crippen LogP contribution in [0.15, 0.2) is 121 Å². The molecule has 5 aromatic rings. The van der Waals surface area contributed by atoms with E-state index in [1.54, 1.807) is 48.5 Å². The first-order chi connectivity index (χ1) is 22.5. The van der Waals surface area contributed by atoms with Crippen molar-refractivity contribution in [2.45, 2.75) is 38.6 Å². The van der Waals surface area contributed by atoms with Crippen molar-refractivity contribution in [3.05, 3.63) is 149 Å². The normalized spacial score (nSPS) is 11.6. The fourth-order valence-corrected chi connectivity index (χ4v) is 5.31. The first kappa shape index (κ1) is 32.4. The first-order valence-corrected chi connectivity index (χ1v) is 15.3. The van der Waals surface area contributed by atoms with Gasteiger partial charge in [0.15, 0.2) is 0 Å². The lowest BCUT2D eigenvalue weighted by atomic mass is 9.86. The van der Waals surface area contributed by atoms with Crippen molar-refractivity contribution < 1.29 is 19.5 Å². The molecule has 0 fully saturated rings. The number of carboxylic acid groups (broad SMARTS) is 1. The third-order valence-corrected chi connectivity index (χ3v) is 7.95. The molecule has 7 heteroatoms. The number of carbonyl (C=O) groups excluding carboxylic acids is 2. The lowest BCUT2D eigenvalue weighted by Crippen LogP contribution is -2.31. The lowest BCUT2D eigenvalue weighted by Gasteiger charge is -2.20. The van der Waals surface area contributed by atoms with Gasteiger partial charge in [-0.05, 0) is 75.2 Å². The smallest absolute Gasteiger partial charge is 0.305 e. The molecule has 3 N–H and O–H groups in total. The molecule has 0 saturated carbocycles. The fraction of sp³-hybridized carbons (Fsp3) is 0.150. The van der Waals surface area contributed by atoms with Gasteiger partial charge in [0.25, 0.3) is 11.8 Å². The quantitative estimate of drug-likeness (QED) is 0.153. The minimum atomic E-state index is -1.07. The second-order valence-corrected chi connectivity index (χ2v) is 12.3. The average Bonchev–Trinajstić information content (AvgIpc) is 3.08. The zero-order chi connectivity index (χ0) is 33.6. The zero-order valence-electron chi connectivity index (χ0n) is 26.5. The van der Waals surface area contributed by atoms with Crippen molar-refractivity contribution in [1.29, 1.82) is 5.26 Å². The maximum absolute atomic E-state index is 14.0. The number of nitrogens with zero attached hydrogens (tertiary/aromatic N) is 1. The van der Waals surface area contributed by atoms with Crippen molar-refractivity contribution in [3.8, 4) is 28.3 Å². The van der Waals surface area contributed by atoms with Gasteiger partial charge in [0.1, 0.15) is 0 Å². The predicted molar refractivity (Wildman–Crippen MR) is 184 cm³/mol. The summed E-state index contributed by atoms with van der Waals surface area (Å²) in [7, 11) is 0. The number of rotatable bonds is 9. The molecule has 0 aliphatic carbocycles. The highest BCUT2D eigenvalue weighted by Gasteiger charge is 2.23. The maximum Gasteiger partial charge on any atom is 0.305 e. The highest BCUT2D eigenvalue weighted by molar-refractivity contribution is 6.09. The van der Waals surface area contributed by atoms with E-state index in [0.717, 1.165) is 16.7 Å². The molecule has 0 aliphatic rings. The van der Waals surface area contributed by atoms with Crippen LogP contribution in [0.3, 0.4) is 0 Å². The van der Waals surface area contributed by atoms with Crippen LogP contribution in [0, 0.1) is 11.3 Å². The second kappa shape index (κ2) is 14.0. The Morgan fingerprint density at radius 3 is 1.98 bits per heavy atom. The molecule has 0 saturated heterocycles. The number of carbonyl (C=O) groups is 3. The van der Waals surface area contributed by atoms with Crippen LogP contribution in [0.5, 0.6) is 0 Å². The summed E-state index contributed by atoms with van der Waals surface area (Å²) in [5, 5.41) is 24.9. The Kier molecular flexibility index (Phi) is 9.63. The van der Waals surface area contributed by atoms with Crippen molar-refractivity contribution in [1.82, 2.24) is 5.32 Å². The van der Waals surface area contributed by atoms with Crippen LogP contribution in [0.2, 0.25) is 0 Å². The van der Waals surface area contributed by atoms with Crippen molar-refractivity contribution in [2.24, 2.45) is 0 Å². The number of carboxylic acids is 1. The van der Waals surface area contributed by atoms with Crippen LogP contribution in [0.4, 0.5) is 5.69 Å². The SMILES string of the molecule is CC(C)(C)c1ccc(C(=O)Nc2ccc(-c3cccc(C#N)c3)cc2C(=O)NC(CC(=O)O)c2ccc(-c3ccccc3)cc2)cc1. The zero-order valence-corrected chi connectivity index (χ0v) is 26.5. The molecule has 2 amide bonds. The van der Waals surface area contributed by atoms with E-state index >= 15 is 0 Å². The van der Waals surface area contributed by atoms with E-state index in [1.807, 2.05) is 72.8 Å². The van der Waals surface area contributed by atoms with Gasteiger partial charge in [-0.2, -0.15) is 5.26 Å². The minimum absolute atomic E-state index is 0.0761. The van der Waals surface area contributed by atoms with E-state index in [1.165, 1.54) is 0 Å². The Hall–Kier alpha value is -6.00. The molecule has 5 rings (SSSR count). The Balaban J connectivity index is 1.48. The number of benzene rings is 5. The van der Waals surface area contributed by atoms with E-state index < -0.39 is 23.8 Å². The summed E-state index contributed by atoms with van der Waals surface area (Å²) < 4.78 is 0. The number of amides is 2. The van der Waals surface area contributed by atoms with Gasteiger partial charge >= 0.3 is 5.97 Å². The van der Waals surface area contributed by atoms with E-state index in [2.05, 4.69) is 37.5 Å². The van der Waals surface area contributed by atoms with E-state index in [-0.39, 0.29) is 23.1 Å². The van der Waals surface area contributed by atoms with Crippen molar-refractivity contribution >= 4 is 23.5 Å². The second-order valence-electron chi connectivity index (χ2n) is 12.3. The Morgan fingerprint density at radius 1 is 0.723 bits per heavy atom. The molecule has 0 radical (unpaired) electrons. The molecule has 0 bridgehead atoms. The Morgan fingerprint density at radius 2 is 1.34 bits per heavy atom. The van der Waals surface area contributed by atoms with Gasteiger partial charge in [-0.3, -0.25) is 14.4 Å². The van der Waals surface area contributed by atoms with Gasteiger partial charge in [-0.1, -0.05) is 106 Å². The molecule has 1 atom stereocenters. The monoisotopic (exact) mass is 621 g/mol. The average molecular weight is 622 g/mol. The molecular formula is C40H35N3O4. The van der Waals surface area contributed by atoms with Crippen LogP contribution < -0.4 is 10.6 Å². The van der Waals surface area contributed by atoms with Crippen LogP contribution in [0.25, 0.3) is 22.3 Å². The van der Waals surface area contributed by atoms with E-state index in [4.69, 9.17) is 0 Å². The summed E-state index contributed by atoms with van der Waals surface area (Å²) in [5.74, 6) is -2.02. The summed E-state index contributed by atoms with van der Waals surface area (Å²) in [6.07, 6.45) is -0.345. The highest BCUT2D eigenvalue weighted by atomic mass is 16.4. The van der Waals surface area contributed by atoms with Gasteiger partial charge in [0.2, 0.25) is 0 Å². The van der Waals surface area contributed by atoms with Gasteiger partial charge in [-0.25, -0.2) is 0 Å². The number of anilines is 1. The fourth-order valence-electron chi connectivity index (χ4n) is 5.31. The molecule has 0 spiro atoms. The highest BCUT2D eigenvalue weighted by Crippen LogP contribution is 2.29. The summed E-state index contributed by atoms with van der Waals surface area (Å²) in [5.41, 5.74) is 6.29. The van der Waals surface area contributed by atoms with Gasteiger partial charge < -0.3 is 15.7 Å². The molecule has 7 nitrogen and oxygen atoms in total. The molecule has 47 heavy (non-hydrogen) atoms.